The van der Waals surface area contributed by atoms with Gasteiger partial charge in [-0.15, -0.1) is 0 Å². The summed E-state index contributed by atoms with van der Waals surface area (Å²) in [7, 11) is 0. The number of carbonyl (C=O) groups excluding carboxylic acids is 1. The van der Waals surface area contributed by atoms with E-state index in [9.17, 15) is 31.1 Å². The first-order valence-corrected chi connectivity index (χ1v) is 8.44. The maximum absolute atomic E-state index is 12.6. The van der Waals surface area contributed by atoms with Crippen molar-refractivity contribution in [1.82, 2.24) is 15.5 Å². The number of hydrogen-bond acceptors (Lipinski definition) is 2. The lowest BCUT2D eigenvalue weighted by Gasteiger charge is -2.19. The maximum Gasteiger partial charge on any atom is 0.416 e. The fourth-order valence-corrected chi connectivity index (χ4v) is 3.01. The topological polar surface area (TPSA) is 44.4 Å². The molecule has 0 aliphatic carbocycles. The van der Waals surface area contributed by atoms with Crippen molar-refractivity contribution in [2.75, 3.05) is 26.2 Å². The number of rotatable bonds is 5. The molecule has 0 radical (unpaired) electrons. The van der Waals surface area contributed by atoms with E-state index in [-0.39, 0.29) is 19.0 Å². The van der Waals surface area contributed by atoms with Gasteiger partial charge in [0.25, 0.3) is 0 Å². The highest BCUT2D eigenvalue weighted by Crippen LogP contribution is 2.30. The average Bonchev–Trinajstić information content (AvgIpc) is 2.97. The SMILES string of the molecule is C[C@H](NC(=O)NC[C@@H]1CCN(CC(F)(F)F)C1)c1ccc(C(F)(F)F)cc1. The lowest BCUT2D eigenvalue weighted by atomic mass is 10.1. The second-order valence-electron chi connectivity index (χ2n) is 6.70. The van der Waals surface area contributed by atoms with Crippen LogP contribution in [0.4, 0.5) is 31.1 Å². The second kappa shape index (κ2) is 8.37. The highest BCUT2D eigenvalue weighted by molar-refractivity contribution is 5.74. The minimum atomic E-state index is -4.42. The largest absolute Gasteiger partial charge is 0.416 e. The predicted molar refractivity (Wildman–Crippen MR) is 87.0 cm³/mol. The molecule has 4 nitrogen and oxygen atoms in total. The Hall–Kier alpha value is -1.97. The Morgan fingerprint density at radius 1 is 1.19 bits per heavy atom. The fourth-order valence-electron chi connectivity index (χ4n) is 3.01. The summed E-state index contributed by atoms with van der Waals surface area (Å²) in [6.07, 6.45) is -8.10. The Morgan fingerprint density at radius 2 is 1.81 bits per heavy atom. The van der Waals surface area contributed by atoms with Crippen LogP contribution in [0.15, 0.2) is 24.3 Å². The Balaban J connectivity index is 1.76. The monoisotopic (exact) mass is 397 g/mol. The van der Waals surface area contributed by atoms with Crippen LogP contribution in [0, 0.1) is 5.92 Å². The van der Waals surface area contributed by atoms with Gasteiger partial charge in [-0.05, 0) is 43.5 Å². The fraction of sp³-hybridized carbons (Fsp3) is 0.588. The third kappa shape index (κ3) is 6.93. The minimum absolute atomic E-state index is 0.0699. The molecule has 10 heteroatoms. The molecule has 2 atom stereocenters. The molecule has 0 saturated carbocycles. The molecule has 1 aliphatic heterocycles. The first kappa shape index (κ1) is 21.3. The summed E-state index contributed by atoms with van der Waals surface area (Å²) < 4.78 is 74.7. The first-order chi connectivity index (χ1) is 12.4. The third-order valence-electron chi connectivity index (χ3n) is 4.41. The number of likely N-dealkylation sites (tertiary alicyclic amines) is 1. The Bertz CT molecular complexity index is 629. The molecule has 0 spiro atoms. The van der Waals surface area contributed by atoms with E-state index in [0.717, 1.165) is 12.1 Å². The van der Waals surface area contributed by atoms with Gasteiger partial charge in [0, 0.05) is 13.1 Å². The number of urea groups is 1. The van der Waals surface area contributed by atoms with E-state index in [2.05, 4.69) is 10.6 Å². The molecule has 1 fully saturated rings. The van der Waals surface area contributed by atoms with Crippen LogP contribution in [0.2, 0.25) is 0 Å². The van der Waals surface area contributed by atoms with E-state index in [1.165, 1.54) is 17.0 Å². The number of nitrogens with one attached hydrogen (secondary N) is 2. The van der Waals surface area contributed by atoms with E-state index >= 15 is 0 Å². The number of benzene rings is 1. The quantitative estimate of drug-likeness (QED) is 0.739. The Morgan fingerprint density at radius 3 is 2.37 bits per heavy atom. The molecule has 1 aromatic rings. The van der Waals surface area contributed by atoms with Gasteiger partial charge in [0.2, 0.25) is 0 Å². The first-order valence-electron chi connectivity index (χ1n) is 8.44. The van der Waals surface area contributed by atoms with Gasteiger partial charge < -0.3 is 10.6 Å². The van der Waals surface area contributed by atoms with E-state index < -0.39 is 36.5 Å². The van der Waals surface area contributed by atoms with Gasteiger partial charge in [-0.2, -0.15) is 26.3 Å². The Kier molecular flexibility index (Phi) is 6.61. The molecule has 1 heterocycles. The van der Waals surface area contributed by atoms with Gasteiger partial charge in [0.05, 0.1) is 18.2 Å². The molecule has 152 valence electrons. The smallest absolute Gasteiger partial charge is 0.338 e. The van der Waals surface area contributed by atoms with Crippen molar-refractivity contribution in [1.29, 1.82) is 0 Å². The van der Waals surface area contributed by atoms with Crippen LogP contribution in [0.1, 0.15) is 30.5 Å². The van der Waals surface area contributed by atoms with Crippen molar-refractivity contribution in [3.8, 4) is 0 Å². The maximum atomic E-state index is 12.6. The molecule has 1 aromatic carbocycles. The van der Waals surface area contributed by atoms with Crippen molar-refractivity contribution in [3.63, 3.8) is 0 Å². The van der Waals surface area contributed by atoms with Crippen LogP contribution in [0.25, 0.3) is 0 Å². The van der Waals surface area contributed by atoms with Crippen LogP contribution >= 0.6 is 0 Å². The average molecular weight is 397 g/mol. The van der Waals surface area contributed by atoms with Crippen LogP contribution in [0.3, 0.4) is 0 Å². The highest BCUT2D eigenvalue weighted by atomic mass is 19.4. The number of halogens is 6. The second-order valence-corrected chi connectivity index (χ2v) is 6.70. The predicted octanol–water partition coefficient (Wildman–Crippen LogP) is 3.95. The van der Waals surface area contributed by atoms with Crippen LogP contribution < -0.4 is 10.6 Å². The minimum Gasteiger partial charge on any atom is -0.338 e. The molecule has 2 rings (SSSR count). The molecule has 2 N–H and O–H groups in total. The third-order valence-corrected chi connectivity index (χ3v) is 4.41. The summed E-state index contributed by atoms with van der Waals surface area (Å²) in [6, 6.07) is 3.44. The number of nitrogens with zero attached hydrogens (tertiary/aromatic N) is 1. The van der Waals surface area contributed by atoms with Gasteiger partial charge in [-0.3, -0.25) is 4.90 Å². The normalized spacial score (nSPS) is 19.7. The zero-order chi connectivity index (χ0) is 20.2. The number of alkyl halides is 6. The highest BCUT2D eigenvalue weighted by Gasteiger charge is 2.34. The standard InChI is InChI=1S/C17H21F6N3O/c1-11(13-2-4-14(5-3-13)17(21,22)23)25-15(27)24-8-12-6-7-26(9-12)10-16(18,19)20/h2-5,11-12H,6-10H2,1H3,(H2,24,25,27)/t11-,12-/m0/s1. The summed E-state index contributed by atoms with van der Waals surface area (Å²) in [5, 5.41) is 5.21. The van der Waals surface area contributed by atoms with Crippen molar-refractivity contribution in [2.24, 2.45) is 5.92 Å². The molecular formula is C17H21F6N3O. The molecule has 2 amide bonds. The van der Waals surface area contributed by atoms with Crippen molar-refractivity contribution in [2.45, 2.75) is 31.7 Å². The number of amides is 2. The molecular weight excluding hydrogens is 376 g/mol. The van der Waals surface area contributed by atoms with E-state index in [4.69, 9.17) is 0 Å². The van der Waals surface area contributed by atoms with Crippen molar-refractivity contribution < 1.29 is 31.1 Å². The van der Waals surface area contributed by atoms with Gasteiger partial charge in [-0.25, -0.2) is 4.79 Å². The van der Waals surface area contributed by atoms with Gasteiger partial charge >= 0.3 is 18.4 Å². The summed E-state index contributed by atoms with van der Waals surface area (Å²) in [6.45, 7) is 1.49. The molecule has 0 bridgehead atoms. The Labute approximate surface area is 152 Å². The van der Waals surface area contributed by atoms with Crippen LogP contribution in [0.5, 0.6) is 0 Å². The lowest BCUT2D eigenvalue weighted by molar-refractivity contribution is -0.143. The molecule has 1 aliphatic rings. The van der Waals surface area contributed by atoms with E-state index in [1.54, 1.807) is 6.92 Å². The summed E-state index contributed by atoms with van der Waals surface area (Å²) in [5.74, 6) is -0.0699. The summed E-state index contributed by atoms with van der Waals surface area (Å²) in [4.78, 5) is 13.2. The zero-order valence-electron chi connectivity index (χ0n) is 14.6. The molecule has 1 saturated heterocycles. The van der Waals surface area contributed by atoms with Gasteiger partial charge in [0.15, 0.2) is 0 Å². The zero-order valence-corrected chi connectivity index (χ0v) is 14.6. The summed E-state index contributed by atoms with van der Waals surface area (Å²) in [5.41, 5.74) is -0.261. The molecule has 27 heavy (non-hydrogen) atoms. The lowest BCUT2D eigenvalue weighted by Crippen LogP contribution is -2.40. The van der Waals surface area contributed by atoms with Gasteiger partial charge in [-0.1, -0.05) is 12.1 Å². The van der Waals surface area contributed by atoms with Crippen LogP contribution in [-0.4, -0.2) is 43.3 Å². The molecule has 0 aromatic heterocycles. The van der Waals surface area contributed by atoms with E-state index in [1.807, 2.05) is 0 Å². The van der Waals surface area contributed by atoms with E-state index in [0.29, 0.717) is 18.5 Å². The number of carbonyl (C=O) groups is 1. The van der Waals surface area contributed by atoms with Crippen LogP contribution in [-0.2, 0) is 6.18 Å². The summed E-state index contributed by atoms with van der Waals surface area (Å²) >= 11 is 0. The van der Waals surface area contributed by atoms with Crippen molar-refractivity contribution in [3.05, 3.63) is 35.4 Å². The number of hydrogen-bond donors (Lipinski definition) is 2. The molecule has 0 unspecified atom stereocenters. The van der Waals surface area contributed by atoms with Crippen molar-refractivity contribution >= 4 is 6.03 Å². The van der Waals surface area contributed by atoms with Gasteiger partial charge in [0.1, 0.15) is 0 Å².